The summed E-state index contributed by atoms with van der Waals surface area (Å²) in [6.45, 7) is 9.09. The maximum Gasteiger partial charge on any atom is 0.254 e. The minimum Gasteiger partial charge on any atom is -0.493 e. The van der Waals surface area contributed by atoms with Gasteiger partial charge in [0.15, 0.2) is 23.0 Å². The number of methoxy groups -OCH3 is 2. The van der Waals surface area contributed by atoms with Crippen LogP contribution in [0, 0.1) is 5.92 Å². The molecular weight excluding hydrogens is 500 g/mol. The molecule has 0 aromatic heterocycles. The molecule has 2 atom stereocenters. The highest BCUT2D eigenvalue weighted by Gasteiger charge is 2.32. The Morgan fingerprint density at radius 3 is 2.62 bits per heavy atom. The van der Waals surface area contributed by atoms with Gasteiger partial charge in [-0.2, -0.15) is 0 Å². The average molecular weight is 543 g/mol. The van der Waals surface area contributed by atoms with Crippen LogP contribution < -0.4 is 24.3 Å². The first-order valence-corrected chi connectivity index (χ1v) is 13.8. The van der Waals surface area contributed by atoms with Gasteiger partial charge < -0.3 is 38.6 Å². The third-order valence-electron chi connectivity index (χ3n) is 7.03. The molecule has 0 bridgehead atoms. The molecule has 2 aliphatic heterocycles. The maximum absolute atomic E-state index is 13.7. The first-order chi connectivity index (χ1) is 19.0. The summed E-state index contributed by atoms with van der Waals surface area (Å²) in [4.78, 5) is 15.6. The highest BCUT2D eigenvalue weighted by atomic mass is 16.5. The number of hydrogen-bond donors (Lipinski definition) is 1. The zero-order chi connectivity index (χ0) is 27.6. The fraction of sp³-hybridized carbons (Fsp3) is 0.567. The van der Waals surface area contributed by atoms with E-state index in [9.17, 15) is 4.79 Å². The van der Waals surface area contributed by atoms with Crippen LogP contribution in [0.4, 0.5) is 0 Å². The van der Waals surface area contributed by atoms with Crippen LogP contribution in [0.25, 0.3) is 0 Å². The van der Waals surface area contributed by atoms with Gasteiger partial charge in [-0.1, -0.05) is 6.07 Å². The Hall–Kier alpha value is -3.01. The van der Waals surface area contributed by atoms with Crippen molar-refractivity contribution in [2.24, 2.45) is 5.92 Å². The van der Waals surface area contributed by atoms with Crippen LogP contribution in [0.15, 0.2) is 36.4 Å². The monoisotopic (exact) mass is 542 g/mol. The molecule has 2 aromatic carbocycles. The van der Waals surface area contributed by atoms with Crippen molar-refractivity contribution in [1.82, 2.24) is 10.2 Å². The minimum absolute atomic E-state index is 0.00873. The van der Waals surface area contributed by atoms with E-state index < -0.39 is 0 Å². The Morgan fingerprint density at radius 2 is 1.85 bits per heavy atom. The van der Waals surface area contributed by atoms with Gasteiger partial charge in [0.05, 0.1) is 39.6 Å². The maximum atomic E-state index is 13.7. The van der Waals surface area contributed by atoms with Crippen LogP contribution >= 0.6 is 0 Å². The lowest BCUT2D eigenvalue weighted by atomic mass is 10.0. The molecule has 39 heavy (non-hydrogen) atoms. The number of nitrogens with one attached hydrogen (secondary N) is 1. The standard InChI is InChI=1S/C30H42N2O7/c1-21(2)32(30(33)23-8-10-25(35-4)28(16-23)38-12-5-11-34-3)19-24-17-31-18-29(24)39-20-22-7-9-26-27(15-22)37-14-6-13-36-26/h7-10,15-16,21,24,29,31H,5-6,11-14,17-20H2,1-4H3/t24-,29-/m0/s1. The van der Waals surface area contributed by atoms with E-state index in [4.69, 9.17) is 28.4 Å². The van der Waals surface area contributed by atoms with E-state index in [0.717, 1.165) is 43.0 Å². The number of amides is 1. The summed E-state index contributed by atoms with van der Waals surface area (Å²) in [5.41, 5.74) is 1.61. The van der Waals surface area contributed by atoms with Crippen LogP contribution in [0.5, 0.6) is 23.0 Å². The quantitative estimate of drug-likeness (QED) is 0.381. The molecule has 1 fully saturated rings. The lowest BCUT2D eigenvalue weighted by Gasteiger charge is -2.31. The molecule has 214 valence electrons. The van der Waals surface area contributed by atoms with Crippen LogP contribution in [-0.2, 0) is 16.1 Å². The normalized spacial score (nSPS) is 18.6. The predicted octanol–water partition coefficient (Wildman–Crippen LogP) is 3.93. The van der Waals surface area contributed by atoms with Gasteiger partial charge in [-0.3, -0.25) is 4.79 Å². The summed E-state index contributed by atoms with van der Waals surface area (Å²) in [5, 5.41) is 3.44. The van der Waals surface area contributed by atoms with E-state index in [1.165, 1.54) is 0 Å². The van der Waals surface area contributed by atoms with Crippen LogP contribution in [-0.4, -0.2) is 83.2 Å². The summed E-state index contributed by atoms with van der Waals surface area (Å²) in [6.07, 6.45) is 1.61. The third-order valence-corrected chi connectivity index (χ3v) is 7.03. The number of nitrogens with zero attached hydrogens (tertiary/aromatic N) is 1. The predicted molar refractivity (Wildman–Crippen MR) is 148 cm³/mol. The fourth-order valence-corrected chi connectivity index (χ4v) is 4.84. The van der Waals surface area contributed by atoms with Crippen molar-refractivity contribution < 1.29 is 33.2 Å². The molecule has 0 aliphatic carbocycles. The van der Waals surface area contributed by atoms with E-state index in [-0.39, 0.29) is 24.0 Å². The largest absolute Gasteiger partial charge is 0.493 e. The van der Waals surface area contributed by atoms with E-state index in [1.807, 2.05) is 36.9 Å². The van der Waals surface area contributed by atoms with Crippen molar-refractivity contribution in [2.75, 3.05) is 60.3 Å². The topological polar surface area (TPSA) is 87.7 Å². The highest BCUT2D eigenvalue weighted by molar-refractivity contribution is 5.95. The molecule has 4 rings (SSSR count). The van der Waals surface area contributed by atoms with E-state index in [0.29, 0.717) is 56.6 Å². The van der Waals surface area contributed by atoms with E-state index in [2.05, 4.69) is 5.32 Å². The zero-order valence-corrected chi connectivity index (χ0v) is 23.6. The second kappa shape index (κ2) is 14.4. The molecule has 0 unspecified atom stereocenters. The third kappa shape index (κ3) is 7.77. The lowest BCUT2D eigenvalue weighted by molar-refractivity contribution is 0.0128. The highest BCUT2D eigenvalue weighted by Crippen LogP contribution is 2.32. The van der Waals surface area contributed by atoms with Crippen molar-refractivity contribution in [3.63, 3.8) is 0 Å². The Morgan fingerprint density at radius 1 is 1.03 bits per heavy atom. The second-order valence-electron chi connectivity index (χ2n) is 10.2. The first kappa shape index (κ1) is 29.0. The van der Waals surface area contributed by atoms with Gasteiger partial charge in [0, 0.05) is 63.7 Å². The smallest absolute Gasteiger partial charge is 0.254 e. The van der Waals surface area contributed by atoms with E-state index in [1.54, 1.807) is 32.4 Å². The van der Waals surface area contributed by atoms with Gasteiger partial charge in [0.25, 0.3) is 5.91 Å². The average Bonchev–Trinajstić information content (AvgIpc) is 3.26. The summed E-state index contributed by atoms with van der Waals surface area (Å²) < 4.78 is 34.4. The molecule has 1 N–H and O–H groups in total. The summed E-state index contributed by atoms with van der Waals surface area (Å²) >= 11 is 0. The minimum atomic E-state index is -0.0389. The van der Waals surface area contributed by atoms with Crippen molar-refractivity contribution >= 4 is 5.91 Å². The summed E-state index contributed by atoms with van der Waals surface area (Å²) in [6, 6.07) is 11.4. The molecule has 0 saturated carbocycles. The molecule has 2 heterocycles. The number of ether oxygens (including phenoxy) is 6. The molecule has 2 aromatic rings. The number of fused-ring (bicyclic) bond motifs is 1. The Labute approximate surface area is 231 Å². The zero-order valence-electron chi connectivity index (χ0n) is 23.6. The van der Waals surface area contributed by atoms with E-state index >= 15 is 0 Å². The molecule has 0 radical (unpaired) electrons. The molecule has 1 saturated heterocycles. The fourth-order valence-electron chi connectivity index (χ4n) is 4.84. The first-order valence-electron chi connectivity index (χ1n) is 13.8. The molecule has 2 aliphatic rings. The van der Waals surface area contributed by atoms with Crippen molar-refractivity contribution in [3.05, 3.63) is 47.5 Å². The molecule has 0 spiro atoms. The van der Waals surface area contributed by atoms with Crippen LogP contribution in [0.3, 0.4) is 0 Å². The van der Waals surface area contributed by atoms with Crippen LogP contribution in [0.2, 0.25) is 0 Å². The number of carbonyl (C=O) groups excluding carboxylic acids is 1. The number of rotatable bonds is 13. The molecule has 9 heteroatoms. The second-order valence-corrected chi connectivity index (χ2v) is 10.2. The summed E-state index contributed by atoms with van der Waals surface area (Å²) in [7, 11) is 3.26. The Bertz CT molecular complexity index is 1080. The van der Waals surface area contributed by atoms with Gasteiger partial charge in [0.2, 0.25) is 0 Å². The van der Waals surface area contributed by atoms with Gasteiger partial charge in [-0.05, 0) is 49.7 Å². The number of benzene rings is 2. The van der Waals surface area contributed by atoms with Crippen molar-refractivity contribution in [1.29, 1.82) is 0 Å². The van der Waals surface area contributed by atoms with Crippen LogP contribution in [0.1, 0.15) is 42.6 Å². The van der Waals surface area contributed by atoms with Gasteiger partial charge >= 0.3 is 0 Å². The van der Waals surface area contributed by atoms with Gasteiger partial charge in [-0.25, -0.2) is 0 Å². The Balaban J connectivity index is 1.39. The van der Waals surface area contributed by atoms with Gasteiger partial charge in [-0.15, -0.1) is 0 Å². The van der Waals surface area contributed by atoms with Crippen molar-refractivity contribution in [3.8, 4) is 23.0 Å². The SMILES string of the molecule is COCCCOc1cc(C(=O)N(C[C@@H]2CNC[C@@H]2OCc2ccc3c(c2)OCCCO3)C(C)C)ccc1OC. The number of carbonyl (C=O) groups is 1. The Kier molecular flexibility index (Phi) is 10.7. The van der Waals surface area contributed by atoms with Crippen molar-refractivity contribution in [2.45, 2.75) is 45.4 Å². The summed E-state index contributed by atoms with van der Waals surface area (Å²) in [5.74, 6) is 2.84. The molecular formula is C30H42N2O7. The lowest BCUT2D eigenvalue weighted by Crippen LogP contribution is -2.43. The molecule has 1 amide bonds. The molecule has 9 nitrogen and oxygen atoms in total. The van der Waals surface area contributed by atoms with Gasteiger partial charge in [0.1, 0.15) is 0 Å². The number of hydrogen-bond acceptors (Lipinski definition) is 8.